The maximum Gasteiger partial charge on any atom is 0.331 e. The molecule has 0 aliphatic carbocycles. The summed E-state index contributed by atoms with van der Waals surface area (Å²) in [5.41, 5.74) is 2.13. The zero-order valence-electron chi connectivity index (χ0n) is 21.8. The molecule has 5 nitrogen and oxygen atoms in total. The third-order valence-electron chi connectivity index (χ3n) is 7.68. The molecule has 0 amide bonds. The summed E-state index contributed by atoms with van der Waals surface area (Å²) in [6, 6.07) is 6.05. The molecule has 5 heteroatoms. The number of rotatable bonds is 1. The topological polar surface area (TPSA) is 61.2 Å². The maximum atomic E-state index is 13.2. The van der Waals surface area contributed by atoms with Crippen LogP contribution in [0.1, 0.15) is 77.8 Å². The number of ether oxygens (including phenoxy) is 1. The Bertz CT molecular complexity index is 1090. The van der Waals surface area contributed by atoms with Crippen molar-refractivity contribution in [3.63, 3.8) is 0 Å². The molecule has 1 aromatic heterocycles. The van der Waals surface area contributed by atoms with Gasteiger partial charge in [0.05, 0.1) is 11.0 Å². The molecule has 0 spiro atoms. The highest BCUT2D eigenvalue weighted by Gasteiger charge is 2.34. The second-order valence-electron chi connectivity index (χ2n) is 10.6. The van der Waals surface area contributed by atoms with Crippen LogP contribution in [0.2, 0.25) is 0 Å². The van der Waals surface area contributed by atoms with Crippen LogP contribution in [0.3, 0.4) is 0 Å². The van der Waals surface area contributed by atoms with Gasteiger partial charge in [0.15, 0.2) is 0 Å². The van der Waals surface area contributed by atoms with E-state index in [-0.39, 0.29) is 11.7 Å². The van der Waals surface area contributed by atoms with Crippen molar-refractivity contribution in [1.82, 2.24) is 9.55 Å². The quantitative estimate of drug-likeness (QED) is 0.350. The molecule has 0 saturated heterocycles. The van der Waals surface area contributed by atoms with E-state index in [1.807, 2.05) is 52.9 Å². The molecule has 0 saturated carbocycles. The van der Waals surface area contributed by atoms with Crippen molar-refractivity contribution in [2.24, 2.45) is 30.2 Å². The summed E-state index contributed by atoms with van der Waals surface area (Å²) >= 11 is 0. The van der Waals surface area contributed by atoms with E-state index in [0.29, 0.717) is 18.3 Å². The number of allylic oxidation sites excluding steroid dienone is 2. The number of hydrogen-bond donors (Lipinski definition) is 0. The number of imidazole rings is 1. The van der Waals surface area contributed by atoms with Crippen molar-refractivity contribution in [2.75, 3.05) is 0 Å². The Morgan fingerprint density at radius 3 is 2.59 bits per heavy atom. The van der Waals surface area contributed by atoms with Crippen LogP contribution in [-0.4, -0.2) is 21.3 Å². The minimum absolute atomic E-state index is 0.0737. The van der Waals surface area contributed by atoms with Crippen LogP contribution in [0, 0.1) is 30.1 Å². The van der Waals surface area contributed by atoms with Gasteiger partial charge in [-0.25, -0.2) is 9.78 Å². The molecule has 1 aliphatic heterocycles. The Balaban J connectivity index is 1.90. The summed E-state index contributed by atoms with van der Waals surface area (Å²) < 4.78 is 7.94. The Kier molecular flexibility index (Phi) is 8.17. The van der Waals surface area contributed by atoms with E-state index in [4.69, 9.17) is 4.74 Å². The zero-order valence-corrected chi connectivity index (χ0v) is 21.8. The second kappa shape index (κ2) is 10.7. The third kappa shape index (κ3) is 5.86. The summed E-state index contributed by atoms with van der Waals surface area (Å²) in [6.07, 6.45) is 10.8. The molecule has 0 fully saturated rings. The molecule has 2 aromatic rings. The van der Waals surface area contributed by atoms with Crippen molar-refractivity contribution >= 4 is 22.8 Å². The summed E-state index contributed by atoms with van der Waals surface area (Å²) in [6.45, 7) is 12.2. The summed E-state index contributed by atoms with van der Waals surface area (Å²) in [5, 5.41) is 0. The fraction of sp³-hybridized carbons (Fsp3) is 0.552. The first kappa shape index (κ1) is 25.9. The molecule has 1 aliphatic rings. The lowest BCUT2D eigenvalue weighted by atomic mass is 9.73. The van der Waals surface area contributed by atoms with Gasteiger partial charge in [0.1, 0.15) is 17.7 Å². The average molecular weight is 465 g/mol. The van der Waals surface area contributed by atoms with E-state index in [9.17, 15) is 9.59 Å². The summed E-state index contributed by atoms with van der Waals surface area (Å²) in [5.74, 6) is 1.35. The van der Waals surface area contributed by atoms with Gasteiger partial charge in [-0.05, 0) is 63.1 Å². The van der Waals surface area contributed by atoms with Crippen LogP contribution in [-0.2, 0) is 21.4 Å². The van der Waals surface area contributed by atoms with Gasteiger partial charge in [-0.1, -0.05) is 51.5 Å². The highest BCUT2D eigenvalue weighted by atomic mass is 16.5. The SMILES string of the molecule is Cc1nc2cc([C@@H]3C/C=C/CCC[C@H](C)[C@H](C)[C@@H](C)C(=O)C(C)(C)/C=C/C(=O)O3)ccc2n1C. The van der Waals surface area contributed by atoms with E-state index in [1.165, 1.54) is 6.08 Å². The number of carbonyl (C=O) groups is 2. The Hall–Kier alpha value is -2.69. The number of carbonyl (C=O) groups excluding carboxylic acids is 2. The van der Waals surface area contributed by atoms with Crippen molar-refractivity contribution < 1.29 is 14.3 Å². The number of nitrogens with zero attached hydrogens (tertiary/aromatic N) is 2. The number of hydrogen-bond acceptors (Lipinski definition) is 4. The number of esters is 1. The third-order valence-corrected chi connectivity index (χ3v) is 7.68. The summed E-state index contributed by atoms with van der Waals surface area (Å²) in [4.78, 5) is 30.7. The van der Waals surface area contributed by atoms with E-state index in [2.05, 4.69) is 35.6 Å². The lowest BCUT2D eigenvalue weighted by Gasteiger charge is -2.30. The number of aromatic nitrogens is 2. The lowest BCUT2D eigenvalue weighted by molar-refractivity contribution is -0.143. The first-order chi connectivity index (χ1) is 16.0. The van der Waals surface area contributed by atoms with Crippen LogP contribution in [0.5, 0.6) is 0 Å². The minimum Gasteiger partial charge on any atom is -0.454 e. The number of aryl methyl sites for hydroxylation is 2. The molecule has 34 heavy (non-hydrogen) atoms. The van der Waals surface area contributed by atoms with Crippen LogP contribution >= 0.6 is 0 Å². The minimum atomic E-state index is -0.733. The normalized spacial score (nSPS) is 29.0. The number of ketones is 1. The summed E-state index contributed by atoms with van der Waals surface area (Å²) in [7, 11) is 2.00. The van der Waals surface area contributed by atoms with Crippen molar-refractivity contribution in [2.45, 2.75) is 73.3 Å². The molecule has 184 valence electrons. The highest BCUT2D eigenvalue weighted by molar-refractivity contribution is 5.90. The van der Waals surface area contributed by atoms with Gasteiger partial charge in [-0.2, -0.15) is 0 Å². The molecule has 0 bridgehead atoms. The van der Waals surface area contributed by atoms with Gasteiger partial charge in [0, 0.05) is 30.9 Å². The molecular formula is C29H40N2O3. The number of benzene rings is 1. The predicted octanol–water partition coefficient (Wildman–Crippen LogP) is 6.66. The van der Waals surface area contributed by atoms with Gasteiger partial charge in [0.25, 0.3) is 0 Å². The fourth-order valence-electron chi connectivity index (χ4n) is 4.80. The van der Waals surface area contributed by atoms with Crippen LogP contribution in [0.15, 0.2) is 42.5 Å². The van der Waals surface area contributed by atoms with Crippen LogP contribution in [0.4, 0.5) is 0 Å². The molecule has 0 radical (unpaired) electrons. The monoisotopic (exact) mass is 464 g/mol. The van der Waals surface area contributed by atoms with E-state index >= 15 is 0 Å². The Morgan fingerprint density at radius 1 is 1.12 bits per heavy atom. The van der Waals surface area contributed by atoms with Crippen LogP contribution < -0.4 is 0 Å². The Morgan fingerprint density at radius 2 is 1.85 bits per heavy atom. The van der Waals surface area contributed by atoms with Gasteiger partial charge in [-0.3, -0.25) is 4.79 Å². The second-order valence-corrected chi connectivity index (χ2v) is 10.6. The molecule has 3 rings (SSSR count). The molecule has 0 unspecified atom stereocenters. The van der Waals surface area contributed by atoms with Gasteiger partial charge >= 0.3 is 5.97 Å². The molecular weight excluding hydrogens is 424 g/mol. The van der Waals surface area contributed by atoms with Crippen molar-refractivity contribution in [3.8, 4) is 0 Å². The van der Waals surface area contributed by atoms with E-state index in [1.54, 1.807) is 6.08 Å². The first-order valence-electron chi connectivity index (χ1n) is 12.5. The highest BCUT2D eigenvalue weighted by Crippen LogP contribution is 2.33. The molecule has 4 atom stereocenters. The van der Waals surface area contributed by atoms with Crippen molar-refractivity contribution in [1.29, 1.82) is 0 Å². The lowest BCUT2D eigenvalue weighted by Crippen LogP contribution is -2.33. The fourth-order valence-corrected chi connectivity index (χ4v) is 4.80. The standard InChI is InChI=1S/C29H40N2O3/c1-19-12-10-8-9-11-13-26(23-14-15-25-24(18-23)30-22(4)31(25)7)34-27(32)16-17-29(5,6)28(33)21(3)20(19)2/h9,11,14-21,26H,8,10,12-13H2,1-7H3/b11-9+,17-16+/t19-,20-,21+,26-/m0/s1. The molecule has 0 N–H and O–H groups in total. The predicted molar refractivity (Wildman–Crippen MR) is 137 cm³/mol. The number of cyclic esters (lactones) is 1. The van der Waals surface area contributed by atoms with Gasteiger partial charge in [0.2, 0.25) is 0 Å². The van der Waals surface area contributed by atoms with Gasteiger partial charge < -0.3 is 9.30 Å². The van der Waals surface area contributed by atoms with Gasteiger partial charge in [-0.15, -0.1) is 0 Å². The van der Waals surface area contributed by atoms with E-state index < -0.39 is 17.5 Å². The molecule has 2 heterocycles. The first-order valence-corrected chi connectivity index (χ1v) is 12.5. The number of Topliss-reactive ketones (excluding diaryl/α,β-unsaturated/α-hetero) is 1. The maximum absolute atomic E-state index is 13.2. The largest absolute Gasteiger partial charge is 0.454 e. The van der Waals surface area contributed by atoms with E-state index in [0.717, 1.165) is 41.7 Å². The average Bonchev–Trinajstić information content (AvgIpc) is 3.09. The zero-order chi connectivity index (χ0) is 25.0. The molecule has 1 aromatic carbocycles. The Labute approximate surface area is 204 Å². The number of fused-ring (bicyclic) bond motifs is 1. The smallest absolute Gasteiger partial charge is 0.331 e. The van der Waals surface area contributed by atoms with Crippen molar-refractivity contribution in [3.05, 3.63) is 53.9 Å². The van der Waals surface area contributed by atoms with Crippen LogP contribution in [0.25, 0.3) is 11.0 Å².